The highest BCUT2D eigenvalue weighted by Crippen LogP contribution is 2.24. The van der Waals surface area contributed by atoms with Gasteiger partial charge in [0.2, 0.25) is 0 Å². The van der Waals surface area contributed by atoms with E-state index >= 15 is 0 Å². The maximum Gasteiger partial charge on any atom is 0.255 e. The molecule has 0 aliphatic rings. The molecule has 0 bridgehead atoms. The molecule has 2 N–H and O–H groups in total. The maximum absolute atomic E-state index is 12.8. The van der Waals surface area contributed by atoms with Crippen molar-refractivity contribution in [1.82, 2.24) is 15.5 Å². The quantitative estimate of drug-likeness (QED) is 0.664. The lowest BCUT2D eigenvalue weighted by atomic mass is 10.1. The van der Waals surface area contributed by atoms with Crippen molar-refractivity contribution in [2.45, 2.75) is 19.9 Å². The van der Waals surface area contributed by atoms with E-state index in [2.05, 4.69) is 15.5 Å². The number of hydrogen-bond acceptors (Lipinski definition) is 4. The summed E-state index contributed by atoms with van der Waals surface area (Å²) >= 11 is 0. The van der Waals surface area contributed by atoms with Gasteiger partial charge in [0.05, 0.1) is 37.2 Å². The van der Waals surface area contributed by atoms with Crippen LogP contribution in [0.3, 0.4) is 0 Å². The van der Waals surface area contributed by atoms with Crippen molar-refractivity contribution in [3.8, 4) is 22.8 Å². The van der Waals surface area contributed by atoms with Crippen LogP contribution in [0.2, 0.25) is 0 Å². The molecule has 0 fully saturated rings. The van der Waals surface area contributed by atoms with Gasteiger partial charge in [-0.2, -0.15) is 5.10 Å². The molecule has 1 atom stereocenters. The molecule has 6 heteroatoms. The van der Waals surface area contributed by atoms with Gasteiger partial charge in [0.25, 0.3) is 5.91 Å². The van der Waals surface area contributed by atoms with E-state index in [0.29, 0.717) is 17.9 Å². The van der Waals surface area contributed by atoms with Crippen LogP contribution in [0.25, 0.3) is 11.3 Å². The van der Waals surface area contributed by atoms with Crippen molar-refractivity contribution in [1.29, 1.82) is 0 Å². The normalized spacial score (nSPS) is 11.7. The molecule has 27 heavy (non-hydrogen) atoms. The molecule has 0 saturated carbocycles. The molecule has 140 valence electrons. The zero-order valence-electron chi connectivity index (χ0n) is 15.7. The number of hydrogen-bond donors (Lipinski definition) is 2. The number of aromatic nitrogens is 2. The van der Waals surface area contributed by atoms with Gasteiger partial charge in [-0.3, -0.25) is 9.89 Å². The Morgan fingerprint density at radius 2 is 1.78 bits per heavy atom. The summed E-state index contributed by atoms with van der Waals surface area (Å²) in [5.41, 5.74) is 3.04. The summed E-state index contributed by atoms with van der Waals surface area (Å²) in [5.74, 6) is 1.39. The molecule has 3 rings (SSSR count). The fraction of sp³-hybridized carbons (Fsp3) is 0.238. The van der Waals surface area contributed by atoms with Crippen LogP contribution >= 0.6 is 0 Å². The van der Waals surface area contributed by atoms with E-state index in [-0.39, 0.29) is 11.9 Å². The van der Waals surface area contributed by atoms with Crippen molar-refractivity contribution in [3.05, 3.63) is 65.9 Å². The average Bonchev–Trinajstić information content (AvgIpc) is 3.19. The summed E-state index contributed by atoms with van der Waals surface area (Å²) in [6, 6.07) is 15.0. The molecular formula is C21H23N3O3. The van der Waals surface area contributed by atoms with E-state index in [1.54, 1.807) is 13.3 Å². The number of rotatable bonds is 7. The van der Waals surface area contributed by atoms with Crippen LogP contribution in [-0.2, 0) is 0 Å². The number of H-pyrrole nitrogens is 1. The van der Waals surface area contributed by atoms with E-state index < -0.39 is 0 Å². The van der Waals surface area contributed by atoms with Crippen LogP contribution < -0.4 is 14.8 Å². The Bertz CT molecular complexity index is 886. The van der Waals surface area contributed by atoms with Gasteiger partial charge in [-0.15, -0.1) is 0 Å². The van der Waals surface area contributed by atoms with Gasteiger partial charge in [-0.1, -0.05) is 12.1 Å². The molecule has 0 radical (unpaired) electrons. The zero-order valence-corrected chi connectivity index (χ0v) is 15.7. The number of ether oxygens (including phenoxy) is 2. The van der Waals surface area contributed by atoms with Crippen LogP contribution in [-0.4, -0.2) is 29.8 Å². The van der Waals surface area contributed by atoms with Crippen LogP contribution in [0.1, 0.15) is 35.8 Å². The molecule has 0 saturated heterocycles. The van der Waals surface area contributed by atoms with Gasteiger partial charge in [0, 0.05) is 5.56 Å². The standard InChI is InChI=1S/C21H23N3O3/c1-4-27-18-11-5-15(6-12-18)14(2)23-21(25)19-13-22-24-20(19)16-7-9-17(26-3)10-8-16/h5-14H,4H2,1-3H3,(H,22,24)(H,23,25). The van der Waals surface area contributed by atoms with Crippen LogP contribution in [0.4, 0.5) is 0 Å². The second kappa shape index (κ2) is 8.40. The summed E-state index contributed by atoms with van der Waals surface area (Å²) in [6.07, 6.45) is 1.54. The molecule has 1 aromatic heterocycles. The highest BCUT2D eigenvalue weighted by atomic mass is 16.5. The first-order valence-corrected chi connectivity index (χ1v) is 8.83. The minimum atomic E-state index is -0.184. The SMILES string of the molecule is CCOc1ccc(C(C)NC(=O)c2cn[nH]c2-c2ccc(OC)cc2)cc1. The van der Waals surface area contributed by atoms with Crippen molar-refractivity contribution >= 4 is 5.91 Å². The molecule has 1 unspecified atom stereocenters. The lowest BCUT2D eigenvalue weighted by Crippen LogP contribution is -2.26. The van der Waals surface area contributed by atoms with Crippen LogP contribution in [0.5, 0.6) is 11.5 Å². The Kier molecular flexibility index (Phi) is 5.76. The van der Waals surface area contributed by atoms with Gasteiger partial charge in [0.15, 0.2) is 0 Å². The third-order valence-electron chi connectivity index (χ3n) is 4.30. The molecule has 0 aliphatic heterocycles. The summed E-state index contributed by atoms with van der Waals surface area (Å²) in [7, 11) is 1.62. The molecule has 0 spiro atoms. The monoisotopic (exact) mass is 365 g/mol. The van der Waals surface area contributed by atoms with E-state index in [4.69, 9.17) is 9.47 Å². The lowest BCUT2D eigenvalue weighted by molar-refractivity contribution is 0.0940. The average molecular weight is 365 g/mol. The molecule has 2 aromatic carbocycles. The topological polar surface area (TPSA) is 76.2 Å². The second-order valence-electron chi connectivity index (χ2n) is 6.08. The molecule has 0 aliphatic carbocycles. The van der Waals surface area contributed by atoms with Crippen molar-refractivity contribution < 1.29 is 14.3 Å². The Hall–Kier alpha value is -3.28. The molecule has 1 heterocycles. The number of nitrogens with one attached hydrogen (secondary N) is 2. The fourth-order valence-electron chi connectivity index (χ4n) is 2.81. The van der Waals surface area contributed by atoms with Crippen molar-refractivity contribution in [2.75, 3.05) is 13.7 Å². The summed E-state index contributed by atoms with van der Waals surface area (Å²) in [6.45, 7) is 4.52. The van der Waals surface area contributed by atoms with Gasteiger partial charge >= 0.3 is 0 Å². The number of benzene rings is 2. The van der Waals surface area contributed by atoms with Crippen LogP contribution in [0, 0.1) is 0 Å². The predicted octanol–water partition coefficient (Wildman–Crippen LogP) is 3.98. The van der Waals surface area contributed by atoms with Gasteiger partial charge in [-0.05, 0) is 55.8 Å². The lowest BCUT2D eigenvalue weighted by Gasteiger charge is -2.15. The van der Waals surface area contributed by atoms with Crippen molar-refractivity contribution in [2.24, 2.45) is 0 Å². The van der Waals surface area contributed by atoms with E-state index in [1.165, 1.54) is 0 Å². The Balaban J connectivity index is 1.73. The Labute approximate surface area is 158 Å². The summed E-state index contributed by atoms with van der Waals surface area (Å²) in [4.78, 5) is 12.8. The van der Waals surface area contributed by atoms with Gasteiger partial charge < -0.3 is 14.8 Å². The summed E-state index contributed by atoms with van der Waals surface area (Å²) < 4.78 is 10.6. The predicted molar refractivity (Wildman–Crippen MR) is 104 cm³/mol. The molecular weight excluding hydrogens is 342 g/mol. The number of carbonyl (C=O) groups excluding carboxylic acids is 1. The Morgan fingerprint density at radius 1 is 1.11 bits per heavy atom. The fourth-order valence-corrected chi connectivity index (χ4v) is 2.81. The first-order valence-electron chi connectivity index (χ1n) is 8.83. The van der Waals surface area contributed by atoms with Gasteiger partial charge in [-0.25, -0.2) is 0 Å². The number of nitrogens with zero attached hydrogens (tertiary/aromatic N) is 1. The van der Waals surface area contributed by atoms with E-state index in [0.717, 1.165) is 22.6 Å². The summed E-state index contributed by atoms with van der Waals surface area (Å²) in [5, 5.41) is 9.97. The van der Waals surface area contributed by atoms with Gasteiger partial charge in [0.1, 0.15) is 11.5 Å². The maximum atomic E-state index is 12.8. The number of methoxy groups -OCH3 is 1. The van der Waals surface area contributed by atoms with Crippen LogP contribution in [0.15, 0.2) is 54.7 Å². The first kappa shape index (κ1) is 18.5. The number of aromatic amines is 1. The van der Waals surface area contributed by atoms with E-state index in [9.17, 15) is 4.79 Å². The zero-order chi connectivity index (χ0) is 19.2. The van der Waals surface area contributed by atoms with E-state index in [1.807, 2.05) is 62.4 Å². The van der Waals surface area contributed by atoms with Crippen molar-refractivity contribution in [3.63, 3.8) is 0 Å². The highest BCUT2D eigenvalue weighted by molar-refractivity contribution is 5.99. The second-order valence-corrected chi connectivity index (χ2v) is 6.08. The minimum absolute atomic E-state index is 0.146. The highest BCUT2D eigenvalue weighted by Gasteiger charge is 2.18. The number of amides is 1. The largest absolute Gasteiger partial charge is 0.497 e. The molecule has 1 amide bonds. The minimum Gasteiger partial charge on any atom is -0.497 e. The third-order valence-corrected chi connectivity index (χ3v) is 4.30. The molecule has 6 nitrogen and oxygen atoms in total. The third kappa shape index (κ3) is 4.28. The first-order chi connectivity index (χ1) is 13.1. The smallest absolute Gasteiger partial charge is 0.255 e. The number of carbonyl (C=O) groups is 1. The molecule has 3 aromatic rings. The Morgan fingerprint density at radius 3 is 2.41 bits per heavy atom.